The number of ether oxygens (including phenoxy) is 2. The lowest BCUT2D eigenvalue weighted by Crippen LogP contribution is -2.56. The molecule has 0 bridgehead atoms. The van der Waals surface area contributed by atoms with Crippen molar-refractivity contribution < 1.29 is 18.7 Å². The molecule has 1 amide bonds. The molecule has 2 aromatic rings. The maximum absolute atomic E-state index is 13.8. The summed E-state index contributed by atoms with van der Waals surface area (Å²) in [6.07, 6.45) is 3.66. The highest BCUT2D eigenvalue weighted by molar-refractivity contribution is 5.98. The number of benzene rings is 1. The summed E-state index contributed by atoms with van der Waals surface area (Å²) in [5, 5.41) is 0.715. The van der Waals surface area contributed by atoms with Crippen molar-refractivity contribution in [2.75, 3.05) is 26.8 Å². The number of rotatable bonds is 2. The number of carbonyl (C=O) groups excluding carboxylic acids is 1. The molecule has 4 rings (SSSR count). The summed E-state index contributed by atoms with van der Waals surface area (Å²) < 4.78 is 25.6. The standard InChI is InChI=1S/C19H23FN2O3/c1-24-16-6-3-11-25-19(16)7-9-22(10-8-19)18(23)15-12-13-4-2-5-14(20)17(13)21-15/h2,4-5,12,16,21H,3,6-11H2,1H3/t16-/m1/s1. The largest absolute Gasteiger partial charge is 0.378 e. The molecule has 25 heavy (non-hydrogen) atoms. The Morgan fingerprint density at radius 3 is 2.92 bits per heavy atom. The molecule has 6 heteroatoms. The lowest BCUT2D eigenvalue weighted by Gasteiger charge is -2.47. The molecule has 0 saturated carbocycles. The zero-order chi connectivity index (χ0) is 17.4. The van der Waals surface area contributed by atoms with E-state index in [-0.39, 0.29) is 23.4 Å². The number of hydrogen-bond acceptors (Lipinski definition) is 3. The number of aromatic nitrogens is 1. The number of halogens is 1. The summed E-state index contributed by atoms with van der Waals surface area (Å²) in [5.41, 5.74) is 0.550. The van der Waals surface area contributed by atoms with Gasteiger partial charge < -0.3 is 19.4 Å². The van der Waals surface area contributed by atoms with Crippen LogP contribution in [0.3, 0.4) is 0 Å². The van der Waals surface area contributed by atoms with Crippen molar-refractivity contribution in [3.63, 3.8) is 0 Å². The second-order valence-corrected chi connectivity index (χ2v) is 6.96. The number of nitrogens with zero attached hydrogens (tertiary/aromatic N) is 1. The number of amides is 1. The minimum atomic E-state index is -0.340. The van der Waals surface area contributed by atoms with Gasteiger partial charge >= 0.3 is 0 Å². The van der Waals surface area contributed by atoms with E-state index in [1.165, 1.54) is 6.07 Å². The molecular formula is C19H23FN2O3. The molecule has 1 aromatic carbocycles. The van der Waals surface area contributed by atoms with Crippen LogP contribution in [0.15, 0.2) is 24.3 Å². The maximum atomic E-state index is 13.8. The lowest BCUT2D eigenvalue weighted by atomic mass is 9.82. The van der Waals surface area contributed by atoms with Gasteiger partial charge in [0.1, 0.15) is 11.5 Å². The topological polar surface area (TPSA) is 54.6 Å². The van der Waals surface area contributed by atoms with E-state index in [1.807, 2.05) is 4.90 Å². The second kappa shape index (κ2) is 6.42. The zero-order valence-electron chi connectivity index (χ0n) is 14.4. The summed E-state index contributed by atoms with van der Waals surface area (Å²) in [4.78, 5) is 17.6. The molecule has 134 valence electrons. The smallest absolute Gasteiger partial charge is 0.270 e. The normalized spacial score (nSPS) is 23.3. The number of fused-ring (bicyclic) bond motifs is 1. The maximum Gasteiger partial charge on any atom is 0.270 e. The predicted molar refractivity (Wildman–Crippen MR) is 92.1 cm³/mol. The average molecular weight is 346 g/mol. The van der Waals surface area contributed by atoms with Gasteiger partial charge in [-0.2, -0.15) is 0 Å². The quantitative estimate of drug-likeness (QED) is 0.909. The molecule has 1 N–H and O–H groups in total. The number of carbonyl (C=O) groups is 1. The van der Waals surface area contributed by atoms with E-state index in [0.717, 1.165) is 32.3 Å². The van der Waals surface area contributed by atoms with Crippen LogP contribution in [-0.4, -0.2) is 54.3 Å². The van der Waals surface area contributed by atoms with Crippen LogP contribution in [0.25, 0.3) is 10.9 Å². The Morgan fingerprint density at radius 1 is 1.40 bits per heavy atom. The summed E-state index contributed by atoms with van der Waals surface area (Å²) in [6.45, 7) is 2.00. The lowest BCUT2D eigenvalue weighted by molar-refractivity contribution is -0.183. The molecular weight excluding hydrogens is 323 g/mol. The SMILES string of the molecule is CO[C@@H]1CCCOC12CCN(C(=O)c1cc3cccc(F)c3[nH]1)CC2. The van der Waals surface area contributed by atoms with Crippen LogP contribution in [0.1, 0.15) is 36.2 Å². The first-order valence-electron chi connectivity index (χ1n) is 8.86. The second-order valence-electron chi connectivity index (χ2n) is 6.96. The number of para-hydroxylation sites is 1. The minimum Gasteiger partial charge on any atom is -0.378 e. The van der Waals surface area contributed by atoms with Crippen molar-refractivity contribution in [2.24, 2.45) is 0 Å². The Morgan fingerprint density at radius 2 is 2.20 bits per heavy atom. The Bertz CT molecular complexity index is 780. The fourth-order valence-corrected chi connectivity index (χ4v) is 4.19. The summed E-state index contributed by atoms with van der Waals surface area (Å²) in [7, 11) is 1.73. The van der Waals surface area contributed by atoms with Gasteiger partial charge in [0.05, 0.1) is 17.2 Å². The zero-order valence-corrected chi connectivity index (χ0v) is 14.4. The number of aromatic amines is 1. The minimum absolute atomic E-state index is 0.0878. The molecule has 1 spiro atoms. The average Bonchev–Trinajstić information content (AvgIpc) is 3.08. The fraction of sp³-hybridized carbons (Fsp3) is 0.526. The first-order chi connectivity index (χ1) is 12.1. The molecule has 2 saturated heterocycles. The van der Waals surface area contributed by atoms with E-state index in [2.05, 4.69) is 4.98 Å². The van der Waals surface area contributed by atoms with Crippen molar-refractivity contribution in [3.05, 3.63) is 35.8 Å². The number of hydrogen-bond donors (Lipinski definition) is 1. The summed E-state index contributed by atoms with van der Waals surface area (Å²) >= 11 is 0. The van der Waals surface area contributed by atoms with E-state index >= 15 is 0 Å². The third-order valence-corrected chi connectivity index (χ3v) is 5.60. The fourth-order valence-electron chi connectivity index (χ4n) is 4.19. The highest BCUT2D eigenvalue weighted by Gasteiger charge is 2.45. The van der Waals surface area contributed by atoms with Gasteiger partial charge in [0.25, 0.3) is 5.91 Å². The van der Waals surface area contributed by atoms with Gasteiger partial charge in [-0.05, 0) is 37.8 Å². The molecule has 1 aromatic heterocycles. The highest BCUT2D eigenvalue weighted by atomic mass is 19.1. The monoisotopic (exact) mass is 346 g/mol. The molecule has 5 nitrogen and oxygen atoms in total. The number of methoxy groups -OCH3 is 1. The van der Waals surface area contributed by atoms with Crippen molar-refractivity contribution in [1.82, 2.24) is 9.88 Å². The number of likely N-dealkylation sites (tertiary alicyclic amines) is 1. The molecule has 2 aliphatic rings. The van der Waals surface area contributed by atoms with E-state index in [4.69, 9.17) is 9.47 Å². The van der Waals surface area contributed by atoms with Crippen LogP contribution in [0, 0.1) is 5.82 Å². The van der Waals surface area contributed by atoms with Crippen molar-refractivity contribution in [2.45, 2.75) is 37.4 Å². The van der Waals surface area contributed by atoms with Crippen molar-refractivity contribution in [1.29, 1.82) is 0 Å². The molecule has 0 radical (unpaired) electrons. The molecule has 3 heterocycles. The third-order valence-electron chi connectivity index (χ3n) is 5.60. The van der Waals surface area contributed by atoms with Gasteiger partial charge in [0.2, 0.25) is 0 Å². The first kappa shape index (κ1) is 16.5. The Kier molecular flexibility index (Phi) is 4.25. The van der Waals surface area contributed by atoms with Crippen LogP contribution in [-0.2, 0) is 9.47 Å². The van der Waals surface area contributed by atoms with Crippen LogP contribution >= 0.6 is 0 Å². The van der Waals surface area contributed by atoms with Gasteiger partial charge in [-0.1, -0.05) is 12.1 Å². The van der Waals surface area contributed by atoms with Gasteiger partial charge in [-0.3, -0.25) is 4.79 Å². The Labute approximate surface area is 146 Å². The van der Waals surface area contributed by atoms with E-state index in [1.54, 1.807) is 25.3 Å². The van der Waals surface area contributed by atoms with E-state index in [0.29, 0.717) is 29.7 Å². The van der Waals surface area contributed by atoms with Crippen LogP contribution in [0.2, 0.25) is 0 Å². The Balaban J connectivity index is 1.50. The van der Waals surface area contributed by atoms with Crippen LogP contribution in [0.4, 0.5) is 4.39 Å². The third kappa shape index (κ3) is 2.83. The summed E-state index contributed by atoms with van der Waals surface area (Å²) in [6, 6.07) is 6.56. The predicted octanol–water partition coefficient (Wildman–Crippen LogP) is 3.11. The van der Waals surface area contributed by atoms with Gasteiger partial charge in [-0.15, -0.1) is 0 Å². The van der Waals surface area contributed by atoms with Crippen molar-refractivity contribution in [3.8, 4) is 0 Å². The summed E-state index contributed by atoms with van der Waals surface area (Å²) in [5.74, 6) is -0.428. The number of H-pyrrole nitrogens is 1. The molecule has 2 aliphatic heterocycles. The van der Waals surface area contributed by atoms with Crippen LogP contribution < -0.4 is 0 Å². The highest BCUT2D eigenvalue weighted by Crippen LogP contribution is 2.37. The van der Waals surface area contributed by atoms with Gasteiger partial charge in [-0.25, -0.2) is 4.39 Å². The van der Waals surface area contributed by atoms with Gasteiger partial charge in [0.15, 0.2) is 0 Å². The first-order valence-corrected chi connectivity index (χ1v) is 8.86. The molecule has 0 unspecified atom stereocenters. The van der Waals surface area contributed by atoms with E-state index < -0.39 is 0 Å². The molecule has 1 atom stereocenters. The van der Waals surface area contributed by atoms with Crippen molar-refractivity contribution >= 4 is 16.8 Å². The Hall–Kier alpha value is -1.92. The van der Waals surface area contributed by atoms with Gasteiger partial charge in [0, 0.05) is 32.2 Å². The van der Waals surface area contributed by atoms with Crippen LogP contribution in [0.5, 0.6) is 0 Å². The molecule has 0 aliphatic carbocycles. The molecule has 2 fully saturated rings. The number of nitrogens with one attached hydrogen (secondary N) is 1. The van der Waals surface area contributed by atoms with E-state index in [9.17, 15) is 9.18 Å². The number of piperidine rings is 1.